The summed E-state index contributed by atoms with van der Waals surface area (Å²) in [6.45, 7) is 1.98. The summed E-state index contributed by atoms with van der Waals surface area (Å²) in [5, 5.41) is 2.83. The van der Waals surface area contributed by atoms with Crippen LogP contribution in [0.3, 0.4) is 0 Å². The third-order valence-corrected chi connectivity index (χ3v) is 3.21. The lowest BCUT2D eigenvalue weighted by Gasteiger charge is -2.02. The highest BCUT2D eigenvalue weighted by atomic mass is 79.9. The molecule has 3 aromatic rings. The zero-order chi connectivity index (χ0) is 13.4. The van der Waals surface area contributed by atoms with Gasteiger partial charge >= 0.3 is 0 Å². The minimum atomic E-state index is -0.368. The summed E-state index contributed by atoms with van der Waals surface area (Å²) in [5.74, 6) is -0.368. The smallest absolute Gasteiger partial charge is 0.300 e. The average molecular weight is 321 g/mol. The number of nitrogens with one attached hydrogen (secondary N) is 1. The number of aromatic nitrogens is 1. The van der Waals surface area contributed by atoms with E-state index in [0.29, 0.717) is 15.7 Å². The average Bonchev–Trinajstić information content (AvgIpc) is 2.74. The third-order valence-electron chi connectivity index (χ3n) is 2.72. The van der Waals surface area contributed by atoms with E-state index >= 15 is 0 Å². The van der Waals surface area contributed by atoms with E-state index < -0.39 is 0 Å². The number of hydrogen-bond donors (Lipinski definition) is 1. The predicted octanol–water partition coefficient (Wildman–Crippen LogP) is 4.78. The molecule has 0 atom stereocenters. The Morgan fingerprint density at radius 1 is 1.21 bits per heavy atom. The van der Waals surface area contributed by atoms with Gasteiger partial charge in [-0.3, -0.25) is 0 Å². The molecule has 0 radical (unpaired) electrons. The number of benzene rings is 2. The first-order chi connectivity index (χ1) is 9.11. The molecule has 0 amide bonds. The molecule has 2 aromatic carbocycles. The van der Waals surface area contributed by atoms with Crippen LogP contribution in [0.2, 0.25) is 0 Å². The highest BCUT2D eigenvalue weighted by Crippen LogP contribution is 2.25. The van der Waals surface area contributed by atoms with Crippen molar-refractivity contribution in [1.82, 2.24) is 4.98 Å². The molecule has 0 aliphatic rings. The molecule has 0 saturated heterocycles. The Morgan fingerprint density at radius 3 is 2.84 bits per heavy atom. The fourth-order valence-corrected chi connectivity index (χ4v) is 2.13. The van der Waals surface area contributed by atoms with Crippen LogP contribution in [0.1, 0.15) is 5.56 Å². The largest absolute Gasteiger partial charge is 0.423 e. The second kappa shape index (κ2) is 4.66. The van der Waals surface area contributed by atoms with Gasteiger partial charge in [-0.15, -0.1) is 0 Å². The number of nitrogens with zero attached hydrogens (tertiary/aromatic N) is 1. The molecule has 96 valence electrons. The minimum Gasteiger partial charge on any atom is -0.423 e. The van der Waals surface area contributed by atoms with Gasteiger partial charge in [0, 0.05) is 4.47 Å². The Hall–Kier alpha value is -1.88. The highest BCUT2D eigenvalue weighted by molar-refractivity contribution is 9.10. The summed E-state index contributed by atoms with van der Waals surface area (Å²) < 4.78 is 19.9. The van der Waals surface area contributed by atoms with Crippen LogP contribution >= 0.6 is 15.9 Å². The van der Waals surface area contributed by atoms with Crippen molar-refractivity contribution < 1.29 is 8.81 Å². The number of oxazole rings is 1. The van der Waals surface area contributed by atoms with E-state index in [2.05, 4.69) is 26.2 Å². The molecular weight excluding hydrogens is 311 g/mol. The molecule has 1 N–H and O–H groups in total. The van der Waals surface area contributed by atoms with E-state index in [1.165, 1.54) is 6.07 Å². The van der Waals surface area contributed by atoms with Crippen LogP contribution in [-0.4, -0.2) is 4.98 Å². The van der Waals surface area contributed by atoms with E-state index in [0.717, 1.165) is 11.1 Å². The first-order valence-corrected chi connectivity index (χ1v) is 6.50. The van der Waals surface area contributed by atoms with Crippen LogP contribution in [0.25, 0.3) is 11.1 Å². The fourth-order valence-electron chi connectivity index (χ4n) is 1.80. The summed E-state index contributed by atoms with van der Waals surface area (Å²) >= 11 is 3.21. The Kier molecular flexibility index (Phi) is 2.98. The lowest BCUT2D eigenvalue weighted by molar-refractivity contribution is 0.611. The first kappa shape index (κ1) is 12.2. The second-order valence-electron chi connectivity index (χ2n) is 4.24. The Bertz CT molecular complexity index is 754. The van der Waals surface area contributed by atoms with Gasteiger partial charge in [-0.1, -0.05) is 22.0 Å². The molecule has 19 heavy (non-hydrogen) atoms. The SMILES string of the molecule is Cc1ccc2oc(Nc3ccc(Br)cc3F)nc2c1. The monoisotopic (exact) mass is 320 g/mol. The summed E-state index contributed by atoms with van der Waals surface area (Å²) in [7, 11) is 0. The summed E-state index contributed by atoms with van der Waals surface area (Å²) in [4.78, 5) is 4.28. The van der Waals surface area contributed by atoms with Crippen molar-refractivity contribution in [3.05, 3.63) is 52.3 Å². The van der Waals surface area contributed by atoms with Gasteiger partial charge in [-0.2, -0.15) is 4.98 Å². The van der Waals surface area contributed by atoms with Crippen LogP contribution in [0.5, 0.6) is 0 Å². The van der Waals surface area contributed by atoms with Crippen LogP contribution in [0.15, 0.2) is 45.3 Å². The Morgan fingerprint density at radius 2 is 2.05 bits per heavy atom. The summed E-state index contributed by atoms with van der Waals surface area (Å²) in [5.41, 5.74) is 2.85. The van der Waals surface area contributed by atoms with E-state index in [-0.39, 0.29) is 11.8 Å². The van der Waals surface area contributed by atoms with Crippen molar-refractivity contribution in [2.45, 2.75) is 6.92 Å². The molecular formula is C14H10BrFN2O. The van der Waals surface area contributed by atoms with Crippen molar-refractivity contribution in [3.63, 3.8) is 0 Å². The number of halogens is 2. The van der Waals surface area contributed by atoms with E-state index in [1.54, 1.807) is 12.1 Å². The molecule has 1 heterocycles. The van der Waals surface area contributed by atoms with Crippen molar-refractivity contribution in [1.29, 1.82) is 0 Å². The topological polar surface area (TPSA) is 38.1 Å². The standard InChI is InChI=1S/C14H10BrFN2O/c1-8-2-5-13-12(6-8)18-14(19-13)17-11-4-3-9(15)7-10(11)16/h2-7H,1H3,(H,17,18). The molecule has 0 bridgehead atoms. The Labute approximate surface area is 117 Å². The number of hydrogen-bond acceptors (Lipinski definition) is 3. The minimum absolute atomic E-state index is 0.279. The predicted molar refractivity (Wildman–Crippen MR) is 76.1 cm³/mol. The van der Waals surface area contributed by atoms with Gasteiger partial charge in [0.25, 0.3) is 6.01 Å². The molecule has 3 rings (SSSR count). The molecule has 0 spiro atoms. The highest BCUT2D eigenvalue weighted by Gasteiger charge is 2.09. The van der Waals surface area contributed by atoms with Gasteiger partial charge in [-0.05, 0) is 42.8 Å². The molecule has 0 aliphatic heterocycles. The van der Waals surface area contributed by atoms with Crippen molar-refractivity contribution in [2.75, 3.05) is 5.32 Å². The number of anilines is 2. The molecule has 0 fully saturated rings. The zero-order valence-corrected chi connectivity index (χ0v) is 11.7. The van der Waals surface area contributed by atoms with Gasteiger partial charge in [0.05, 0.1) is 5.69 Å². The van der Waals surface area contributed by atoms with Gasteiger partial charge in [0.1, 0.15) is 11.3 Å². The van der Waals surface area contributed by atoms with Crippen LogP contribution in [0.4, 0.5) is 16.1 Å². The molecule has 1 aromatic heterocycles. The fraction of sp³-hybridized carbons (Fsp3) is 0.0714. The van der Waals surface area contributed by atoms with Gasteiger partial charge < -0.3 is 9.73 Å². The van der Waals surface area contributed by atoms with E-state index in [9.17, 15) is 4.39 Å². The van der Waals surface area contributed by atoms with Crippen LogP contribution < -0.4 is 5.32 Å². The number of aryl methyl sites for hydroxylation is 1. The van der Waals surface area contributed by atoms with E-state index in [4.69, 9.17) is 4.42 Å². The lowest BCUT2D eigenvalue weighted by Crippen LogP contribution is -1.93. The van der Waals surface area contributed by atoms with Crippen molar-refractivity contribution >= 4 is 38.7 Å². The first-order valence-electron chi connectivity index (χ1n) is 5.71. The third kappa shape index (κ3) is 2.46. The normalized spacial score (nSPS) is 10.9. The maximum atomic E-state index is 13.7. The second-order valence-corrected chi connectivity index (χ2v) is 5.16. The molecule has 5 heteroatoms. The zero-order valence-electron chi connectivity index (χ0n) is 10.1. The molecule has 0 saturated carbocycles. The molecule has 0 aliphatic carbocycles. The van der Waals surface area contributed by atoms with Gasteiger partial charge in [0.15, 0.2) is 5.58 Å². The maximum absolute atomic E-state index is 13.7. The van der Waals surface area contributed by atoms with Crippen molar-refractivity contribution in [2.24, 2.45) is 0 Å². The lowest BCUT2D eigenvalue weighted by atomic mass is 10.2. The van der Waals surface area contributed by atoms with Gasteiger partial charge in [-0.25, -0.2) is 4.39 Å². The Balaban J connectivity index is 1.96. The molecule has 0 unspecified atom stereocenters. The quantitative estimate of drug-likeness (QED) is 0.738. The summed E-state index contributed by atoms with van der Waals surface area (Å²) in [6.07, 6.45) is 0. The summed E-state index contributed by atoms with van der Waals surface area (Å²) in [6, 6.07) is 10.7. The molecule has 3 nitrogen and oxygen atoms in total. The maximum Gasteiger partial charge on any atom is 0.300 e. The van der Waals surface area contributed by atoms with E-state index in [1.807, 2.05) is 25.1 Å². The number of fused-ring (bicyclic) bond motifs is 1. The van der Waals surface area contributed by atoms with Crippen molar-refractivity contribution in [3.8, 4) is 0 Å². The van der Waals surface area contributed by atoms with Crippen LogP contribution in [-0.2, 0) is 0 Å². The van der Waals surface area contributed by atoms with Crippen LogP contribution in [0, 0.1) is 12.7 Å². The van der Waals surface area contributed by atoms with Gasteiger partial charge in [0.2, 0.25) is 0 Å². The number of rotatable bonds is 2.